The fourth-order valence-electron chi connectivity index (χ4n) is 1.54. The van der Waals surface area contributed by atoms with Crippen molar-refractivity contribution in [1.82, 2.24) is 9.97 Å². The van der Waals surface area contributed by atoms with Crippen LogP contribution in [0.15, 0.2) is 35.6 Å². The molecule has 1 amide bonds. The second-order valence-electron chi connectivity index (χ2n) is 4.17. The van der Waals surface area contributed by atoms with Gasteiger partial charge in [0.2, 0.25) is 0 Å². The van der Waals surface area contributed by atoms with E-state index >= 15 is 0 Å². The Labute approximate surface area is 137 Å². The van der Waals surface area contributed by atoms with Crippen molar-refractivity contribution in [3.05, 3.63) is 47.1 Å². The first-order valence-corrected chi connectivity index (χ1v) is 7.40. The predicted molar refractivity (Wildman–Crippen MR) is 78.2 cm³/mol. The first-order chi connectivity index (χ1) is 10.8. The molecule has 0 spiro atoms. The molecule has 0 aliphatic rings. The van der Waals surface area contributed by atoms with E-state index in [4.69, 9.17) is 11.6 Å². The van der Waals surface area contributed by atoms with E-state index in [0.717, 1.165) is 12.3 Å². The van der Waals surface area contributed by atoms with Gasteiger partial charge in [-0.25, -0.2) is 14.4 Å². The number of nitrogens with one attached hydrogen (secondary N) is 1. The van der Waals surface area contributed by atoms with E-state index in [-0.39, 0.29) is 21.4 Å². The standard InChI is InChI=1S/C13H8ClF4N3OS/c14-10-9(8(15)3-5-19-10)21-11(22)7-2-1-4-20-12(7)23-6-13(16,17)18/h1-5H,6H2,(H,21,22). The van der Waals surface area contributed by atoms with Crippen LogP contribution in [0, 0.1) is 5.82 Å². The van der Waals surface area contributed by atoms with Crippen molar-refractivity contribution in [2.24, 2.45) is 0 Å². The highest BCUT2D eigenvalue weighted by Gasteiger charge is 2.28. The van der Waals surface area contributed by atoms with Gasteiger partial charge >= 0.3 is 6.18 Å². The van der Waals surface area contributed by atoms with Gasteiger partial charge < -0.3 is 5.32 Å². The summed E-state index contributed by atoms with van der Waals surface area (Å²) in [6.07, 6.45) is -2.04. The molecule has 0 aliphatic heterocycles. The third-order valence-electron chi connectivity index (χ3n) is 2.48. The Morgan fingerprint density at radius 2 is 2.00 bits per heavy atom. The Balaban J connectivity index is 2.23. The minimum Gasteiger partial charge on any atom is -0.317 e. The van der Waals surface area contributed by atoms with Gasteiger partial charge in [-0.05, 0) is 18.2 Å². The summed E-state index contributed by atoms with van der Waals surface area (Å²) in [4.78, 5) is 19.5. The van der Waals surface area contributed by atoms with Crippen LogP contribution < -0.4 is 5.32 Å². The number of alkyl halides is 3. The molecule has 0 saturated heterocycles. The van der Waals surface area contributed by atoms with Crippen molar-refractivity contribution in [2.75, 3.05) is 11.1 Å². The lowest BCUT2D eigenvalue weighted by atomic mass is 10.2. The molecule has 0 unspecified atom stereocenters. The van der Waals surface area contributed by atoms with Crippen molar-refractivity contribution < 1.29 is 22.4 Å². The van der Waals surface area contributed by atoms with Gasteiger partial charge in [-0.2, -0.15) is 13.2 Å². The first kappa shape index (κ1) is 17.5. The highest BCUT2D eigenvalue weighted by molar-refractivity contribution is 7.99. The molecule has 0 bridgehead atoms. The van der Waals surface area contributed by atoms with Crippen LogP contribution in [-0.4, -0.2) is 27.8 Å². The monoisotopic (exact) mass is 365 g/mol. The van der Waals surface area contributed by atoms with Crippen LogP contribution in [0.1, 0.15) is 10.4 Å². The fourth-order valence-corrected chi connectivity index (χ4v) is 2.48. The second-order valence-corrected chi connectivity index (χ2v) is 5.49. The van der Waals surface area contributed by atoms with Crippen LogP contribution >= 0.6 is 23.4 Å². The molecule has 122 valence electrons. The number of carbonyl (C=O) groups excluding carboxylic acids is 1. The number of nitrogens with zero attached hydrogens (tertiary/aromatic N) is 2. The highest BCUT2D eigenvalue weighted by Crippen LogP contribution is 2.29. The molecule has 10 heteroatoms. The number of pyridine rings is 2. The van der Waals surface area contributed by atoms with E-state index in [2.05, 4.69) is 15.3 Å². The number of anilines is 1. The maximum absolute atomic E-state index is 13.6. The molecule has 4 nitrogen and oxygen atoms in total. The van der Waals surface area contributed by atoms with Gasteiger partial charge in [0.1, 0.15) is 10.7 Å². The quantitative estimate of drug-likeness (QED) is 0.502. The number of aromatic nitrogens is 2. The summed E-state index contributed by atoms with van der Waals surface area (Å²) in [5, 5.41) is 1.80. The lowest BCUT2D eigenvalue weighted by Gasteiger charge is -2.11. The summed E-state index contributed by atoms with van der Waals surface area (Å²) < 4.78 is 50.5. The van der Waals surface area contributed by atoms with E-state index in [9.17, 15) is 22.4 Å². The molecule has 0 atom stereocenters. The maximum Gasteiger partial charge on any atom is 0.398 e. The SMILES string of the molecule is O=C(Nc1c(F)ccnc1Cl)c1cccnc1SCC(F)(F)F. The smallest absolute Gasteiger partial charge is 0.317 e. The molecule has 23 heavy (non-hydrogen) atoms. The molecular formula is C13H8ClF4N3OS. The number of rotatable bonds is 4. The molecular weight excluding hydrogens is 358 g/mol. The Hall–Kier alpha value is -1.87. The third-order valence-corrected chi connectivity index (χ3v) is 3.84. The summed E-state index contributed by atoms with van der Waals surface area (Å²) in [6, 6.07) is 3.65. The molecule has 2 rings (SSSR count). The zero-order valence-corrected chi connectivity index (χ0v) is 12.8. The number of amides is 1. The van der Waals surface area contributed by atoms with Gasteiger partial charge in [0.15, 0.2) is 11.0 Å². The molecule has 2 aromatic rings. The zero-order valence-electron chi connectivity index (χ0n) is 11.2. The predicted octanol–water partition coefficient (Wildman–Crippen LogP) is 4.18. The van der Waals surface area contributed by atoms with Gasteiger partial charge in [0.05, 0.1) is 11.3 Å². The van der Waals surface area contributed by atoms with Crippen molar-refractivity contribution in [3.8, 4) is 0 Å². The molecule has 2 heterocycles. The van der Waals surface area contributed by atoms with Crippen LogP contribution in [0.3, 0.4) is 0 Å². The molecule has 0 saturated carbocycles. The van der Waals surface area contributed by atoms with E-state index in [1.165, 1.54) is 18.3 Å². The maximum atomic E-state index is 13.6. The molecule has 0 radical (unpaired) electrons. The van der Waals surface area contributed by atoms with E-state index in [1.807, 2.05) is 0 Å². The van der Waals surface area contributed by atoms with Crippen molar-refractivity contribution in [1.29, 1.82) is 0 Å². The zero-order chi connectivity index (χ0) is 17.0. The number of thioether (sulfide) groups is 1. The molecule has 0 aliphatic carbocycles. The van der Waals surface area contributed by atoms with Crippen molar-refractivity contribution in [2.45, 2.75) is 11.2 Å². The minimum absolute atomic E-state index is 0.122. The fraction of sp³-hybridized carbons (Fsp3) is 0.154. The average Bonchev–Trinajstić information content (AvgIpc) is 2.48. The Morgan fingerprint density at radius 1 is 1.26 bits per heavy atom. The summed E-state index contributed by atoms with van der Waals surface area (Å²) in [5.41, 5.74) is -0.476. The highest BCUT2D eigenvalue weighted by atomic mass is 35.5. The van der Waals surface area contributed by atoms with Crippen LogP contribution in [0.5, 0.6) is 0 Å². The lowest BCUT2D eigenvalue weighted by Crippen LogP contribution is -2.16. The second kappa shape index (κ2) is 7.14. The van der Waals surface area contributed by atoms with E-state index < -0.39 is 23.7 Å². The molecule has 0 aromatic carbocycles. The van der Waals surface area contributed by atoms with Crippen LogP contribution in [-0.2, 0) is 0 Å². The van der Waals surface area contributed by atoms with Crippen molar-refractivity contribution >= 4 is 35.0 Å². The normalized spacial score (nSPS) is 11.3. The van der Waals surface area contributed by atoms with Crippen molar-refractivity contribution in [3.63, 3.8) is 0 Å². The summed E-state index contributed by atoms with van der Waals surface area (Å²) in [5.74, 6) is -2.85. The van der Waals surface area contributed by atoms with Crippen LogP contribution in [0.2, 0.25) is 5.15 Å². The Bertz CT molecular complexity index is 706. The van der Waals surface area contributed by atoms with Gasteiger partial charge in [-0.3, -0.25) is 4.79 Å². The first-order valence-electron chi connectivity index (χ1n) is 6.04. The number of carbonyl (C=O) groups is 1. The number of halogens is 5. The molecule has 0 fully saturated rings. The van der Waals surface area contributed by atoms with E-state index in [1.54, 1.807) is 0 Å². The van der Waals surface area contributed by atoms with Gasteiger partial charge in [-0.15, -0.1) is 0 Å². The number of hydrogen-bond donors (Lipinski definition) is 1. The van der Waals surface area contributed by atoms with Crippen LogP contribution in [0.25, 0.3) is 0 Å². The Kier molecular flexibility index (Phi) is 5.42. The summed E-state index contributed by atoms with van der Waals surface area (Å²) in [6.45, 7) is 0. The van der Waals surface area contributed by atoms with Gasteiger partial charge in [0.25, 0.3) is 5.91 Å². The largest absolute Gasteiger partial charge is 0.398 e. The summed E-state index contributed by atoms with van der Waals surface area (Å²) >= 11 is 6.05. The third kappa shape index (κ3) is 4.80. The van der Waals surface area contributed by atoms with Gasteiger partial charge in [0, 0.05) is 12.4 Å². The molecule has 2 aromatic heterocycles. The lowest BCUT2D eigenvalue weighted by molar-refractivity contribution is -0.105. The topological polar surface area (TPSA) is 54.9 Å². The Morgan fingerprint density at radius 3 is 2.65 bits per heavy atom. The molecule has 1 N–H and O–H groups in total. The number of hydrogen-bond acceptors (Lipinski definition) is 4. The van der Waals surface area contributed by atoms with Gasteiger partial charge in [-0.1, -0.05) is 23.4 Å². The average molecular weight is 366 g/mol. The van der Waals surface area contributed by atoms with E-state index in [0.29, 0.717) is 11.8 Å². The van der Waals surface area contributed by atoms with Crippen LogP contribution in [0.4, 0.5) is 23.2 Å². The minimum atomic E-state index is -4.41. The summed E-state index contributed by atoms with van der Waals surface area (Å²) in [7, 11) is 0.